The first-order chi connectivity index (χ1) is 10.5. The molecule has 4 heteroatoms. The Balaban J connectivity index is 2.02. The highest BCUT2D eigenvalue weighted by molar-refractivity contribution is 6.04. The van der Waals surface area contributed by atoms with Crippen molar-refractivity contribution in [2.24, 2.45) is 0 Å². The van der Waals surface area contributed by atoms with Gasteiger partial charge < -0.3 is 5.32 Å². The minimum Gasteiger partial charge on any atom is -0.320 e. The van der Waals surface area contributed by atoms with E-state index >= 15 is 0 Å². The largest absolute Gasteiger partial charge is 0.320 e. The smallest absolute Gasteiger partial charge is 0.274 e. The van der Waals surface area contributed by atoms with Gasteiger partial charge in [0.25, 0.3) is 5.91 Å². The SMILES string of the molecule is Cc1ccc(NC(=O)c2c(C)nc3ccc(C)cn23)c(C)c1. The number of nitrogens with one attached hydrogen (secondary N) is 1. The van der Waals surface area contributed by atoms with Crippen LogP contribution >= 0.6 is 0 Å². The number of anilines is 1. The molecule has 0 aliphatic carbocycles. The number of carbonyl (C=O) groups is 1. The highest BCUT2D eigenvalue weighted by atomic mass is 16.2. The van der Waals surface area contributed by atoms with Gasteiger partial charge in [0.1, 0.15) is 11.3 Å². The number of amides is 1. The second-order valence-electron chi connectivity index (χ2n) is 5.75. The Hall–Kier alpha value is -2.62. The third-order valence-electron chi connectivity index (χ3n) is 3.79. The van der Waals surface area contributed by atoms with Gasteiger partial charge in [0.05, 0.1) is 5.69 Å². The fourth-order valence-corrected chi connectivity index (χ4v) is 2.68. The minimum atomic E-state index is -0.137. The van der Waals surface area contributed by atoms with Crippen molar-refractivity contribution in [2.45, 2.75) is 27.7 Å². The standard InChI is InChI=1S/C18H19N3O/c1-11-5-7-15(13(3)9-11)20-18(22)17-14(4)19-16-8-6-12(2)10-21(16)17/h5-10H,1-4H3,(H,20,22). The fourth-order valence-electron chi connectivity index (χ4n) is 2.68. The molecule has 0 radical (unpaired) electrons. The van der Waals surface area contributed by atoms with Crippen LogP contribution in [0.25, 0.3) is 5.65 Å². The van der Waals surface area contributed by atoms with Crippen molar-refractivity contribution in [1.82, 2.24) is 9.38 Å². The van der Waals surface area contributed by atoms with Crippen LogP contribution in [-0.4, -0.2) is 15.3 Å². The molecule has 0 atom stereocenters. The molecule has 2 aromatic heterocycles. The van der Waals surface area contributed by atoms with Crippen molar-refractivity contribution in [3.8, 4) is 0 Å². The molecule has 0 bridgehead atoms. The highest BCUT2D eigenvalue weighted by Gasteiger charge is 2.17. The Labute approximate surface area is 129 Å². The zero-order valence-electron chi connectivity index (χ0n) is 13.3. The maximum absolute atomic E-state index is 12.7. The van der Waals surface area contributed by atoms with Crippen LogP contribution in [-0.2, 0) is 0 Å². The number of benzene rings is 1. The van der Waals surface area contributed by atoms with Crippen LogP contribution in [0, 0.1) is 27.7 Å². The molecule has 0 aliphatic rings. The number of hydrogen-bond donors (Lipinski definition) is 1. The summed E-state index contributed by atoms with van der Waals surface area (Å²) in [6.45, 7) is 7.89. The van der Waals surface area contributed by atoms with Crippen molar-refractivity contribution >= 4 is 17.2 Å². The Morgan fingerprint density at radius 2 is 1.77 bits per heavy atom. The van der Waals surface area contributed by atoms with E-state index in [2.05, 4.69) is 16.4 Å². The summed E-state index contributed by atoms with van der Waals surface area (Å²) in [5.74, 6) is -0.137. The van der Waals surface area contributed by atoms with E-state index in [0.29, 0.717) is 5.69 Å². The Bertz CT molecular complexity index is 877. The molecule has 112 valence electrons. The first-order valence-corrected chi connectivity index (χ1v) is 7.29. The van der Waals surface area contributed by atoms with E-state index in [9.17, 15) is 4.79 Å². The van der Waals surface area contributed by atoms with Gasteiger partial charge in [0, 0.05) is 11.9 Å². The lowest BCUT2D eigenvalue weighted by Gasteiger charge is -2.10. The molecule has 22 heavy (non-hydrogen) atoms. The normalized spacial score (nSPS) is 10.9. The predicted molar refractivity (Wildman–Crippen MR) is 88.5 cm³/mol. The minimum absolute atomic E-state index is 0.137. The van der Waals surface area contributed by atoms with Crippen molar-refractivity contribution in [3.05, 3.63) is 64.6 Å². The summed E-state index contributed by atoms with van der Waals surface area (Å²) in [6, 6.07) is 9.91. The summed E-state index contributed by atoms with van der Waals surface area (Å²) in [7, 11) is 0. The van der Waals surface area contributed by atoms with E-state index in [1.54, 1.807) is 0 Å². The Kier molecular flexibility index (Phi) is 3.45. The quantitative estimate of drug-likeness (QED) is 0.780. The maximum atomic E-state index is 12.7. The molecule has 0 fully saturated rings. The Morgan fingerprint density at radius 1 is 1.05 bits per heavy atom. The molecule has 0 aliphatic heterocycles. The highest BCUT2D eigenvalue weighted by Crippen LogP contribution is 2.19. The van der Waals surface area contributed by atoms with Crippen LogP contribution < -0.4 is 5.32 Å². The van der Waals surface area contributed by atoms with Gasteiger partial charge in [-0.25, -0.2) is 4.98 Å². The first kappa shape index (κ1) is 14.3. The number of nitrogens with zero attached hydrogens (tertiary/aromatic N) is 2. The van der Waals surface area contributed by atoms with Crippen molar-refractivity contribution in [2.75, 3.05) is 5.32 Å². The summed E-state index contributed by atoms with van der Waals surface area (Å²) in [6.07, 6.45) is 1.94. The van der Waals surface area contributed by atoms with Crippen LogP contribution in [0.1, 0.15) is 32.9 Å². The Morgan fingerprint density at radius 3 is 2.50 bits per heavy atom. The summed E-state index contributed by atoms with van der Waals surface area (Å²) >= 11 is 0. The molecular weight excluding hydrogens is 274 g/mol. The van der Waals surface area contributed by atoms with Gasteiger partial charge in [0.15, 0.2) is 0 Å². The molecule has 0 saturated heterocycles. The number of aryl methyl sites for hydroxylation is 4. The zero-order chi connectivity index (χ0) is 15.9. The first-order valence-electron chi connectivity index (χ1n) is 7.29. The average Bonchev–Trinajstić information content (AvgIpc) is 2.77. The van der Waals surface area contributed by atoms with Crippen LogP contribution in [0.15, 0.2) is 36.5 Å². The van der Waals surface area contributed by atoms with Crippen LogP contribution in [0.5, 0.6) is 0 Å². The van der Waals surface area contributed by atoms with Gasteiger partial charge in [-0.05, 0) is 51.0 Å². The fraction of sp³-hybridized carbons (Fsp3) is 0.222. The van der Waals surface area contributed by atoms with Gasteiger partial charge in [-0.2, -0.15) is 0 Å². The molecule has 3 rings (SSSR count). The molecule has 2 heterocycles. The van der Waals surface area contributed by atoms with Crippen molar-refractivity contribution in [1.29, 1.82) is 0 Å². The number of hydrogen-bond acceptors (Lipinski definition) is 2. The lowest BCUT2D eigenvalue weighted by atomic mass is 10.1. The topological polar surface area (TPSA) is 46.4 Å². The van der Waals surface area contributed by atoms with E-state index < -0.39 is 0 Å². The molecule has 1 aromatic carbocycles. The van der Waals surface area contributed by atoms with Crippen LogP contribution in [0.4, 0.5) is 5.69 Å². The van der Waals surface area contributed by atoms with E-state index in [1.165, 1.54) is 5.56 Å². The molecule has 1 N–H and O–H groups in total. The van der Waals surface area contributed by atoms with E-state index in [0.717, 1.165) is 28.2 Å². The van der Waals surface area contributed by atoms with Gasteiger partial charge >= 0.3 is 0 Å². The number of carbonyl (C=O) groups excluding carboxylic acids is 1. The number of fused-ring (bicyclic) bond motifs is 1. The second-order valence-corrected chi connectivity index (χ2v) is 5.75. The van der Waals surface area contributed by atoms with Crippen molar-refractivity contribution < 1.29 is 4.79 Å². The molecule has 1 amide bonds. The van der Waals surface area contributed by atoms with Crippen molar-refractivity contribution in [3.63, 3.8) is 0 Å². The molecule has 0 saturated carbocycles. The van der Waals surface area contributed by atoms with E-state index in [-0.39, 0.29) is 5.91 Å². The summed E-state index contributed by atoms with van der Waals surface area (Å²) < 4.78 is 1.85. The summed E-state index contributed by atoms with van der Waals surface area (Å²) in [4.78, 5) is 17.1. The maximum Gasteiger partial charge on any atom is 0.274 e. The van der Waals surface area contributed by atoms with Gasteiger partial charge in [-0.15, -0.1) is 0 Å². The molecule has 4 nitrogen and oxygen atoms in total. The predicted octanol–water partition coefficient (Wildman–Crippen LogP) is 3.82. The zero-order valence-corrected chi connectivity index (χ0v) is 13.3. The van der Waals surface area contributed by atoms with E-state index in [4.69, 9.17) is 0 Å². The molecule has 0 spiro atoms. The lowest BCUT2D eigenvalue weighted by Crippen LogP contribution is -2.16. The van der Waals surface area contributed by atoms with Crippen LogP contribution in [0.3, 0.4) is 0 Å². The third-order valence-corrected chi connectivity index (χ3v) is 3.79. The number of pyridine rings is 1. The monoisotopic (exact) mass is 293 g/mol. The summed E-state index contributed by atoms with van der Waals surface area (Å²) in [5, 5.41) is 2.99. The number of aromatic nitrogens is 2. The average molecular weight is 293 g/mol. The molecular formula is C18H19N3O. The second kappa shape index (κ2) is 5.30. The van der Waals surface area contributed by atoms with Gasteiger partial charge in [0.2, 0.25) is 0 Å². The van der Waals surface area contributed by atoms with Crippen LogP contribution in [0.2, 0.25) is 0 Å². The third kappa shape index (κ3) is 2.48. The van der Waals surface area contributed by atoms with Gasteiger partial charge in [-0.1, -0.05) is 23.8 Å². The lowest BCUT2D eigenvalue weighted by molar-refractivity contribution is 0.102. The summed E-state index contributed by atoms with van der Waals surface area (Å²) in [5.41, 5.74) is 6.25. The molecule has 3 aromatic rings. The number of imidazole rings is 1. The molecule has 0 unspecified atom stereocenters. The van der Waals surface area contributed by atoms with Gasteiger partial charge in [-0.3, -0.25) is 9.20 Å². The number of rotatable bonds is 2. The van der Waals surface area contributed by atoms with E-state index in [1.807, 2.05) is 62.6 Å².